The minimum Gasteiger partial charge on any atom is -0.497 e. The van der Waals surface area contributed by atoms with Gasteiger partial charge in [0, 0.05) is 32.6 Å². The van der Waals surface area contributed by atoms with Crippen LogP contribution in [0.4, 0.5) is 0 Å². The summed E-state index contributed by atoms with van der Waals surface area (Å²) in [7, 11) is 1.60. The summed E-state index contributed by atoms with van der Waals surface area (Å²) >= 11 is 0. The molecule has 0 spiro atoms. The third-order valence-electron chi connectivity index (χ3n) is 6.66. The number of fused-ring (bicyclic) bond motifs is 10. The number of nitrogens with one attached hydrogen (secondary N) is 2. The first kappa shape index (κ1) is 19.5. The molecule has 2 N–H and O–H groups in total. The first-order valence-corrected chi connectivity index (χ1v) is 11.2. The van der Waals surface area contributed by atoms with Crippen LogP contribution in [0.3, 0.4) is 0 Å². The molecule has 0 saturated carbocycles. The van der Waals surface area contributed by atoms with Crippen molar-refractivity contribution in [3.63, 3.8) is 0 Å². The van der Waals surface area contributed by atoms with Gasteiger partial charge in [-0.25, -0.2) is 0 Å². The summed E-state index contributed by atoms with van der Waals surface area (Å²) in [6.07, 6.45) is 1.51. The smallest absolute Gasteiger partial charge is 0.283 e. The Hall–Kier alpha value is -4.91. The number of ether oxygens (including phenoxy) is 1. The van der Waals surface area contributed by atoms with Gasteiger partial charge in [-0.05, 0) is 42.0 Å². The quantitative estimate of drug-likeness (QED) is 0.267. The van der Waals surface area contributed by atoms with Crippen molar-refractivity contribution in [2.75, 3.05) is 7.11 Å². The maximum absolute atomic E-state index is 13.7. The number of hydrazone groups is 1. The number of imide groups is 1. The second-order valence-corrected chi connectivity index (χ2v) is 8.53. The molecule has 3 heterocycles. The van der Waals surface area contributed by atoms with E-state index < -0.39 is 11.8 Å². The summed E-state index contributed by atoms with van der Waals surface area (Å²) in [4.78, 5) is 34.4. The largest absolute Gasteiger partial charge is 0.497 e. The Kier molecular flexibility index (Phi) is 3.93. The highest BCUT2D eigenvalue weighted by molar-refractivity contribution is 6.39. The van der Waals surface area contributed by atoms with Gasteiger partial charge in [-0.2, -0.15) is 10.1 Å². The van der Waals surface area contributed by atoms with E-state index in [-0.39, 0.29) is 0 Å². The fourth-order valence-electron chi connectivity index (χ4n) is 5.08. The number of para-hydroxylation sites is 2. The van der Waals surface area contributed by atoms with Crippen molar-refractivity contribution in [2.24, 2.45) is 5.10 Å². The zero-order valence-corrected chi connectivity index (χ0v) is 18.6. The third kappa shape index (κ3) is 2.63. The number of hydrogen-bond acceptors (Lipinski definition) is 4. The molecular weight excluding hydrogens is 440 g/mol. The summed E-state index contributed by atoms with van der Waals surface area (Å²) in [6.45, 7) is 0. The van der Waals surface area contributed by atoms with Gasteiger partial charge in [-0.3, -0.25) is 9.59 Å². The van der Waals surface area contributed by atoms with E-state index in [1.807, 2.05) is 60.7 Å². The van der Waals surface area contributed by atoms with Gasteiger partial charge in [-0.1, -0.05) is 36.4 Å². The lowest BCUT2D eigenvalue weighted by molar-refractivity contribution is 0.0661. The molecular formula is C28H18N4O3. The predicted octanol–water partition coefficient (Wildman–Crippen LogP) is 5.59. The van der Waals surface area contributed by atoms with Gasteiger partial charge >= 0.3 is 0 Å². The third-order valence-corrected chi connectivity index (χ3v) is 6.66. The Morgan fingerprint density at radius 1 is 0.743 bits per heavy atom. The van der Waals surface area contributed by atoms with E-state index in [9.17, 15) is 9.59 Å². The molecule has 2 amide bonds. The summed E-state index contributed by atoms with van der Waals surface area (Å²) in [5.74, 6) is -0.153. The topological polar surface area (TPSA) is 90.5 Å². The van der Waals surface area contributed by atoms with Crippen molar-refractivity contribution in [2.45, 2.75) is 0 Å². The van der Waals surface area contributed by atoms with Gasteiger partial charge in [0.25, 0.3) is 11.8 Å². The fraction of sp³-hybridized carbons (Fsp3) is 0.0357. The maximum atomic E-state index is 13.7. The summed E-state index contributed by atoms with van der Waals surface area (Å²) < 4.78 is 5.19. The van der Waals surface area contributed by atoms with Gasteiger partial charge in [0.15, 0.2) is 0 Å². The van der Waals surface area contributed by atoms with Crippen molar-refractivity contribution in [3.05, 3.63) is 89.5 Å². The van der Waals surface area contributed by atoms with Gasteiger partial charge < -0.3 is 14.7 Å². The Balaban J connectivity index is 1.51. The lowest BCUT2D eigenvalue weighted by atomic mass is 9.97. The predicted molar refractivity (Wildman–Crippen MR) is 136 cm³/mol. The van der Waals surface area contributed by atoms with E-state index in [2.05, 4.69) is 15.1 Å². The monoisotopic (exact) mass is 458 g/mol. The Bertz CT molecular complexity index is 1770. The molecule has 7 heteroatoms. The standard InChI is InChI=1S/C28H18N4O3/c1-35-16-12-10-15(11-13-16)14-29-32-27(33)23-21-17-6-2-4-8-19(17)30-25(21)26-22(24(23)28(32)34)18-7-3-5-9-20(18)31-26/h2-14,30-31H,1H3/b29-14+. The molecule has 1 aliphatic heterocycles. The molecule has 0 radical (unpaired) electrons. The van der Waals surface area contributed by atoms with Crippen LogP contribution < -0.4 is 4.74 Å². The normalized spacial score (nSPS) is 13.8. The van der Waals surface area contributed by atoms with E-state index in [4.69, 9.17) is 4.74 Å². The number of carbonyl (C=O) groups excluding carboxylic acids is 2. The number of methoxy groups -OCH3 is 1. The van der Waals surface area contributed by atoms with Crippen LogP contribution in [-0.2, 0) is 0 Å². The Labute approximate surface area is 198 Å². The lowest BCUT2D eigenvalue weighted by Crippen LogP contribution is -2.24. The SMILES string of the molecule is COc1ccc(/C=N/N2C(=O)c3c(c4c5ccccc5[nH]c4c4[nH]c5ccccc5c34)C2=O)cc1. The molecule has 0 atom stereocenters. The van der Waals surface area contributed by atoms with E-state index in [1.165, 1.54) is 6.21 Å². The first-order chi connectivity index (χ1) is 17.2. The number of hydrogen-bond donors (Lipinski definition) is 2. The lowest BCUT2D eigenvalue weighted by Gasteiger charge is -2.06. The van der Waals surface area contributed by atoms with Crippen LogP contribution in [-0.4, -0.2) is 40.1 Å². The molecule has 0 saturated heterocycles. The van der Waals surface area contributed by atoms with E-state index in [0.29, 0.717) is 16.9 Å². The number of benzene rings is 4. The average Bonchev–Trinajstić information content (AvgIpc) is 3.53. The van der Waals surface area contributed by atoms with Crippen molar-refractivity contribution in [1.29, 1.82) is 0 Å². The minimum absolute atomic E-state index is 0.381. The molecule has 0 aliphatic carbocycles. The minimum atomic E-state index is -0.434. The van der Waals surface area contributed by atoms with Crippen LogP contribution >= 0.6 is 0 Å². The van der Waals surface area contributed by atoms with Gasteiger partial charge in [0.2, 0.25) is 0 Å². The fourth-order valence-corrected chi connectivity index (χ4v) is 5.08. The number of H-pyrrole nitrogens is 2. The number of aromatic amines is 2. The molecule has 6 aromatic rings. The van der Waals surface area contributed by atoms with Crippen molar-refractivity contribution >= 4 is 61.6 Å². The highest BCUT2D eigenvalue weighted by Crippen LogP contribution is 2.43. The van der Waals surface area contributed by atoms with Crippen LogP contribution in [0.1, 0.15) is 26.3 Å². The van der Waals surface area contributed by atoms with Gasteiger partial charge in [0.1, 0.15) is 5.75 Å². The zero-order chi connectivity index (χ0) is 23.7. The summed E-state index contributed by atoms with van der Waals surface area (Å²) in [6, 6.07) is 22.8. The Morgan fingerprint density at radius 2 is 1.26 bits per heavy atom. The highest BCUT2D eigenvalue weighted by Gasteiger charge is 2.41. The van der Waals surface area contributed by atoms with Crippen molar-refractivity contribution in [3.8, 4) is 5.75 Å². The average molecular weight is 458 g/mol. The molecule has 7 nitrogen and oxygen atoms in total. The molecule has 0 bridgehead atoms. The number of aromatic nitrogens is 2. The van der Waals surface area contributed by atoms with Crippen LogP contribution in [0.15, 0.2) is 77.9 Å². The van der Waals surface area contributed by atoms with Crippen LogP contribution in [0.2, 0.25) is 0 Å². The second kappa shape index (κ2) is 7.04. The van der Waals surface area contributed by atoms with Crippen LogP contribution in [0.25, 0.3) is 43.6 Å². The summed E-state index contributed by atoms with van der Waals surface area (Å²) in [5.41, 5.74) is 4.92. The van der Waals surface area contributed by atoms with E-state index in [0.717, 1.165) is 54.2 Å². The Morgan fingerprint density at radius 3 is 1.77 bits per heavy atom. The molecule has 1 aliphatic rings. The van der Waals surface area contributed by atoms with Crippen molar-refractivity contribution < 1.29 is 14.3 Å². The molecule has 168 valence electrons. The van der Waals surface area contributed by atoms with Crippen LogP contribution in [0, 0.1) is 0 Å². The number of amides is 2. The molecule has 35 heavy (non-hydrogen) atoms. The van der Waals surface area contributed by atoms with Crippen molar-refractivity contribution in [1.82, 2.24) is 15.0 Å². The molecule has 4 aromatic carbocycles. The van der Waals surface area contributed by atoms with Gasteiger partial charge in [-0.15, -0.1) is 0 Å². The number of carbonyl (C=O) groups is 2. The summed E-state index contributed by atoms with van der Waals surface area (Å²) in [5, 5.41) is 8.53. The van der Waals surface area contributed by atoms with Crippen LogP contribution in [0.5, 0.6) is 5.75 Å². The zero-order valence-electron chi connectivity index (χ0n) is 18.6. The molecule has 0 unspecified atom stereocenters. The highest BCUT2D eigenvalue weighted by atomic mass is 16.5. The second-order valence-electron chi connectivity index (χ2n) is 8.53. The first-order valence-electron chi connectivity index (χ1n) is 11.2. The maximum Gasteiger partial charge on any atom is 0.283 e. The molecule has 7 rings (SSSR count). The molecule has 0 fully saturated rings. The van der Waals surface area contributed by atoms with Gasteiger partial charge in [0.05, 0.1) is 35.5 Å². The van der Waals surface area contributed by atoms with E-state index >= 15 is 0 Å². The number of nitrogens with zero attached hydrogens (tertiary/aromatic N) is 2. The number of rotatable bonds is 3. The molecule has 2 aromatic heterocycles. The van der Waals surface area contributed by atoms with E-state index in [1.54, 1.807) is 19.2 Å².